The molecule has 0 aliphatic heterocycles. The lowest BCUT2D eigenvalue weighted by Gasteiger charge is -2.11. The Labute approximate surface area is 131 Å². The number of amides is 1. The van der Waals surface area contributed by atoms with Gasteiger partial charge in [0.25, 0.3) is 0 Å². The Bertz CT molecular complexity index is 480. The number of carboxylic acids is 1. The van der Waals surface area contributed by atoms with Crippen LogP contribution < -0.4 is 10.1 Å². The minimum Gasteiger partial charge on any atom is -0.494 e. The van der Waals surface area contributed by atoms with Crippen molar-refractivity contribution in [2.45, 2.75) is 18.9 Å². The normalized spacial score (nSPS) is 11.7. The maximum absolute atomic E-state index is 11.5. The second-order valence-corrected chi connectivity index (χ2v) is 5.19. The Morgan fingerprint density at radius 1 is 1.43 bits per heavy atom. The van der Waals surface area contributed by atoms with Crippen molar-refractivity contribution in [3.63, 3.8) is 0 Å². The molecule has 0 bridgehead atoms. The van der Waals surface area contributed by atoms with E-state index in [9.17, 15) is 9.59 Å². The first-order chi connectivity index (χ1) is 10.0. The molecule has 0 heterocycles. The molecule has 7 heteroatoms. The Morgan fingerprint density at radius 3 is 2.81 bits per heavy atom. The number of carboxylic acid groups (broad SMARTS) is 1. The van der Waals surface area contributed by atoms with Crippen LogP contribution in [-0.4, -0.2) is 43.3 Å². The number of carbonyl (C=O) groups is 2. The van der Waals surface area contributed by atoms with Crippen LogP contribution in [0.25, 0.3) is 0 Å². The molecule has 0 spiro atoms. The molecule has 21 heavy (non-hydrogen) atoms. The zero-order chi connectivity index (χ0) is 15.7. The summed E-state index contributed by atoms with van der Waals surface area (Å²) >= 11 is 3.34. The minimum absolute atomic E-state index is 0.0445. The molecule has 0 aromatic heterocycles. The average molecular weight is 360 g/mol. The smallest absolute Gasteiger partial charge is 0.334 e. The molecule has 0 radical (unpaired) electrons. The summed E-state index contributed by atoms with van der Waals surface area (Å²) in [5.74, 6) is -0.595. The number of hydrogen-bond acceptors (Lipinski definition) is 4. The maximum atomic E-state index is 11.5. The first-order valence-corrected chi connectivity index (χ1v) is 7.23. The van der Waals surface area contributed by atoms with Crippen LogP contribution in [0.1, 0.15) is 12.8 Å². The highest BCUT2D eigenvalue weighted by Crippen LogP contribution is 2.17. The van der Waals surface area contributed by atoms with Gasteiger partial charge in [0.05, 0.1) is 13.2 Å². The fraction of sp³-hybridized carbons (Fsp3) is 0.429. The van der Waals surface area contributed by atoms with Crippen molar-refractivity contribution >= 4 is 27.8 Å². The third kappa shape index (κ3) is 7.10. The summed E-state index contributed by atoms with van der Waals surface area (Å²) in [6.07, 6.45) is -0.209. The predicted molar refractivity (Wildman–Crippen MR) is 80.3 cm³/mol. The molecule has 2 N–H and O–H groups in total. The van der Waals surface area contributed by atoms with Crippen LogP contribution in [0.4, 0.5) is 0 Å². The first-order valence-electron chi connectivity index (χ1n) is 6.43. The van der Waals surface area contributed by atoms with Gasteiger partial charge in [-0.1, -0.05) is 22.0 Å². The van der Waals surface area contributed by atoms with Crippen LogP contribution >= 0.6 is 15.9 Å². The Balaban J connectivity index is 2.17. The summed E-state index contributed by atoms with van der Waals surface area (Å²) in [4.78, 5) is 22.2. The van der Waals surface area contributed by atoms with Gasteiger partial charge in [0.2, 0.25) is 5.91 Å². The zero-order valence-corrected chi connectivity index (χ0v) is 13.3. The van der Waals surface area contributed by atoms with Crippen LogP contribution in [0.5, 0.6) is 5.75 Å². The number of rotatable bonds is 9. The first kappa shape index (κ1) is 17.5. The van der Waals surface area contributed by atoms with E-state index in [-0.39, 0.29) is 18.9 Å². The highest BCUT2D eigenvalue weighted by atomic mass is 79.9. The van der Waals surface area contributed by atoms with Gasteiger partial charge in [-0.05, 0) is 24.6 Å². The molecule has 0 saturated carbocycles. The lowest BCUT2D eigenvalue weighted by atomic mass is 10.3. The molecule has 1 aromatic rings. The third-order valence-electron chi connectivity index (χ3n) is 2.66. The molecular formula is C14H18BrNO5. The highest BCUT2D eigenvalue weighted by Gasteiger charge is 2.16. The van der Waals surface area contributed by atoms with Crippen LogP contribution in [0, 0.1) is 0 Å². The second-order valence-electron chi connectivity index (χ2n) is 4.28. The zero-order valence-electron chi connectivity index (χ0n) is 11.7. The van der Waals surface area contributed by atoms with Crippen molar-refractivity contribution in [2.75, 3.05) is 20.3 Å². The molecule has 1 rings (SSSR count). The van der Waals surface area contributed by atoms with Gasteiger partial charge in [-0.25, -0.2) is 4.79 Å². The van der Waals surface area contributed by atoms with Gasteiger partial charge in [0, 0.05) is 18.0 Å². The van der Waals surface area contributed by atoms with Crippen LogP contribution in [0.15, 0.2) is 28.7 Å². The summed E-state index contributed by atoms with van der Waals surface area (Å²) in [7, 11) is 1.29. The fourth-order valence-electron chi connectivity index (χ4n) is 1.55. The van der Waals surface area contributed by atoms with Gasteiger partial charge < -0.3 is 19.9 Å². The molecule has 0 aliphatic carbocycles. The van der Waals surface area contributed by atoms with Gasteiger partial charge in [-0.2, -0.15) is 0 Å². The van der Waals surface area contributed by atoms with E-state index >= 15 is 0 Å². The van der Waals surface area contributed by atoms with Crippen LogP contribution in [-0.2, 0) is 14.3 Å². The van der Waals surface area contributed by atoms with Crippen LogP contribution in [0.2, 0.25) is 0 Å². The van der Waals surface area contributed by atoms with E-state index in [2.05, 4.69) is 21.2 Å². The second kappa shape index (κ2) is 9.36. The van der Waals surface area contributed by atoms with Gasteiger partial charge in [-0.3, -0.25) is 4.79 Å². The molecule has 0 saturated heterocycles. The molecule has 0 fully saturated rings. The topological polar surface area (TPSA) is 84.9 Å². The Hall–Kier alpha value is -1.60. The number of hydrogen-bond donors (Lipinski definition) is 2. The largest absolute Gasteiger partial charge is 0.494 e. The lowest BCUT2D eigenvalue weighted by molar-refractivity contribution is -0.148. The van der Waals surface area contributed by atoms with E-state index in [1.54, 1.807) is 0 Å². The molecule has 0 aliphatic rings. The van der Waals surface area contributed by atoms with Gasteiger partial charge in [-0.15, -0.1) is 0 Å². The number of ether oxygens (including phenoxy) is 2. The predicted octanol–water partition coefficient (Wildman–Crippen LogP) is 1.82. The highest BCUT2D eigenvalue weighted by molar-refractivity contribution is 9.10. The van der Waals surface area contributed by atoms with Gasteiger partial charge >= 0.3 is 5.97 Å². The SMILES string of the molecule is COC(CNC(=O)CCCOc1cccc(Br)c1)C(=O)O. The standard InChI is InChI=1S/C14H18BrNO5/c1-20-12(14(18)19)9-16-13(17)6-3-7-21-11-5-2-4-10(15)8-11/h2,4-5,8,12H,3,6-7,9H2,1H3,(H,16,17)(H,18,19). The number of halogens is 1. The van der Waals surface area contributed by atoms with E-state index < -0.39 is 12.1 Å². The molecule has 116 valence electrons. The van der Waals surface area contributed by atoms with E-state index in [0.29, 0.717) is 13.0 Å². The van der Waals surface area contributed by atoms with Crippen molar-refractivity contribution in [3.8, 4) is 5.75 Å². The van der Waals surface area contributed by atoms with Crippen molar-refractivity contribution in [1.29, 1.82) is 0 Å². The summed E-state index contributed by atoms with van der Waals surface area (Å²) < 4.78 is 11.1. The van der Waals surface area contributed by atoms with Crippen LogP contribution in [0.3, 0.4) is 0 Å². The molecule has 1 unspecified atom stereocenters. The Kier molecular flexibility index (Phi) is 7.78. The number of methoxy groups -OCH3 is 1. The van der Waals surface area contributed by atoms with Gasteiger partial charge in [0.1, 0.15) is 5.75 Å². The summed E-state index contributed by atoms with van der Waals surface area (Å²) in [5, 5.41) is 11.3. The molecular weight excluding hydrogens is 342 g/mol. The number of aliphatic carboxylic acids is 1. The molecule has 1 atom stereocenters. The van der Waals surface area contributed by atoms with E-state index in [1.165, 1.54) is 7.11 Å². The summed E-state index contributed by atoms with van der Waals surface area (Å²) in [5.41, 5.74) is 0. The van der Waals surface area contributed by atoms with Crippen molar-refractivity contribution in [3.05, 3.63) is 28.7 Å². The maximum Gasteiger partial charge on any atom is 0.334 e. The monoisotopic (exact) mass is 359 g/mol. The quantitative estimate of drug-likeness (QED) is 0.657. The molecule has 1 aromatic carbocycles. The minimum atomic E-state index is -1.10. The van der Waals surface area contributed by atoms with E-state index in [4.69, 9.17) is 14.6 Å². The average Bonchev–Trinajstić information content (AvgIpc) is 2.44. The number of carbonyl (C=O) groups excluding carboxylic acids is 1. The van der Waals surface area contributed by atoms with E-state index in [1.807, 2.05) is 24.3 Å². The number of benzene rings is 1. The van der Waals surface area contributed by atoms with Gasteiger partial charge in [0.15, 0.2) is 6.10 Å². The van der Waals surface area contributed by atoms with E-state index in [0.717, 1.165) is 10.2 Å². The third-order valence-corrected chi connectivity index (χ3v) is 3.15. The molecule has 1 amide bonds. The van der Waals surface area contributed by atoms with Crippen molar-refractivity contribution in [2.24, 2.45) is 0 Å². The fourth-order valence-corrected chi connectivity index (χ4v) is 1.92. The Morgan fingerprint density at radius 2 is 2.19 bits per heavy atom. The lowest BCUT2D eigenvalue weighted by Crippen LogP contribution is -2.37. The summed E-state index contributed by atoms with van der Waals surface area (Å²) in [6, 6.07) is 7.44. The number of nitrogens with one attached hydrogen (secondary N) is 1. The van der Waals surface area contributed by atoms with Crippen molar-refractivity contribution < 1.29 is 24.2 Å². The van der Waals surface area contributed by atoms with Crippen molar-refractivity contribution in [1.82, 2.24) is 5.32 Å². The molecule has 6 nitrogen and oxygen atoms in total. The summed E-state index contributed by atoms with van der Waals surface area (Å²) in [6.45, 7) is 0.369.